The van der Waals surface area contributed by atoms with Gasteiger partial charge in [-0.3, -0.25) is 0 Å². The first-order chi connectivity index (χ1) is 4.33. The Kier molecular flexibility index (Phi) is 2.20. The monoisotopic (exact) mass is 126 g/mol. The van der Waals surface area contributed by atoms with Gasteiger partial charge in [0.05, 0.1) is 6.04 Å². The van der Waals surface area contributed by atoms with E-state index < -0.39 is 0 Å². The van der Waals surface area contributed by atoms with Crippen LogP contribution in [0, 0.1) is 11.4 Å². The fourth-order valence-corrected chi connectivity index (χ4v) is 1.52. The minimum atomic E-state index is 0.355. The molecule has 0 aliphatic heterocycles. The van der Waals surface area contributed by atoms with Crippen molar-refractivity contribution in [1.29, 1.82) is 5.53 Å². The van der Waals surface area contributed by atoms with Crippen molar-refractivity contribution in [1.82, 2.24) is 0 Å². The zero-order chi connectivity index (χ0) is 6.69. The summed E-state index contributed by atoms with van der Waals surface area (Å²) < 4.78 is 0. The molecule has 52 valence electrons. The first-order valence-electron chi connectivity index (χ1n) is 3.69. The summed E-state index contributed by atoms with van der Waals surface area (Å²) in [5.41, 5.74) is 6.81. The zero-order valence-corrected chi connectivity index (χ0v) is 5.93. The second kappa shape index (κ2) is 2.95. The van der Waals surface area contributed by atoms with Crippen LogP contribution in [-0.4, -0.2) is 6.04 Å². The van der Waals surface area contributed by atoms with Crippen molar-refractivity contribution in [2.24, 2.45) is 11.0 Å². The molecule has 0 aromatic rings. The smallest absolute Gasteiger partial charge is 0.0708 e. The van der Waals surface area contributed by atoms with Gasteiger partial charge in [0.2, 0.25) is 0 Å². The van der Waals surface area contributed by atoms with Crippen LogP contribution in [0.15, 0.2) is 5.11 Å². The van der Waals surface area contributed by atoms with Crippen molar-refractivity contribution in [3.8, 4) is 0 Å². The number of hydrogen-bond donors (Lipinski definition) is 1. The van der Waals surface area contributed by atoms with Crippen LogP contribution in [0.25, 0.3) is 0 Å². The minimum absolute atomic E-state index is 0.355. The van der Waals surface area contributed by atoms with E-state index in [1.807, 2.05) is 0 Å². The van der Waals surface area contributed by atoms with Gasteiger partial charge in [-0.2, -0.15) is 5.11 Å². The summed E-state index contributed by atoms with van der Waals surface area (Å²) in [6.45, 7) is 2.25. The average molecular weight is 126 g/mol. The molecule has 0 saturated heterocycles. The SMILES string of the molecule is CC1CCCC(N=N)C1. The largest absolute Gasteiger partial charge is 0.210 e. The van der Waals surface area contributed by atoms with E-state index in [1.165, 1.54) is 12.8 Å². The second-order valence-corrected chi connectivity index (χ2v) is 3.05. The van der Waals surface area contributed by atoms with Gasteiger partial charge >= 0.3 is 0 Å². The van der Waals surface area contributed by atoms with E-state index in [0.717, 1.165) is 18.8 Å². The molecule has 2 atom stereocenters. The Hall–Kier alpha value is -0.400. The molecule has 1 N–H and O–H groups in total. The highest BCUT2D eigenvalue weighted by Crippen LogP contribution is 2.25. The Morgan fingerprint density at radius 2 is 2.22 bits per heavy atom. The minimum Gasteiger partial charge on any atom is -0.210 e. The molecule has 0 heterocycles. The van der Waals surface area contributed by atoms with Crippen LogP contribution >= 0.6 is 0 Å². The van der Waals surface area contributed by atoms with Crippen LogP contribution < -0.4 is 0 Å². The number of hydrogen-bond acceptors (Lipinski definition) is 2. The molecule has 0 bridgehead atoms. The molecule has 1 aliphatic rings. The van der Waals surface area contributed by atoms with Gasteiger partial charge in [0.15, 0.2) is 0 Å². The summed E-state index contributed by atoms with van der Waals surface area (Å²) in [6.07, 6.45) is 4.90. The van der Waals surface area contributed by atoms with Gasteiger partial charge in [0, 0.05) is 0 Å². The molecule has 9 heavy (non-hydrogen) atoms. The molecule has 1 fully saturated rings. The van der Waals surface area contributed by atoms with Gasteiger partial charge in [-0.15, -0.1) is 0 Å². The molecular weight excluding hydrogens is 112 g/mol. The number of nitrogens with zero attached hydrogens (tertiary/aromatic N) is 1. The third-order valence-corrected chi connectivity index (χ3v) is 2.09. The molecule has 1 aliphatic carbocycles. The Labute approximate surface area is 56.2 Å². The average Bonchev–Trinajstić information content (AvgIpc) is 1.88. The van der Waals surface area contributed by atoms with Gasteiger partial charge in [-0.05, 0) is 18.8 Å². The van der Waals surface area contributed by atoms with E-state index in [1.54, 1.807) is 0 Å². The fraction of sp³-hybridized carbons (Fsp3) is 1.00. The maximum atomic E-state index is 6.81. The molecular formula is C7H14N2. The lowest BCUT2D eigenvalue weighted by atomic mass is 9.88. The van der Waals surface area contributed by atoms with Gasteiger partial charge in [0.1, 0.15) is 0 Å². The maximum Gasteiger partial charge on any atom is 0.0708 e. The van der Waals surface area contributed by atoms with E-state index in [2.05, 4.69) is 12.0 Å². The Morgan fingerprint density at radius 1 is 1.44 bits per heavy atom. The lowest BCUT2D eigenvalue weighted by molar-refractivity contribution is 0.335. The number of nitrogens with one attached hydrogen (secondary N) is 1. The second-order valence-electron chi connectivity index (χ2n) is 3.05. The topological polar surface area (TPSA) is 36.2 Å². The van der Waals surface area contributed by atoms with Gasteiger partial charge in [-0.25, -0.2) is 5.53 Å². The summed E-state index contributed by atoms with van der Waals surface area (Å²) >= 11 is 0. The first-order valence-corrected chi connectivity index (χ1v) is 3.69. The fourth-order valence-electron chi connectivity index (χ4n) is 1.52. The van der Waals surface area contributed by atoms with Crippen molar-refractivity contribution in [3.05, 3.63) is 0 Å². The van der Waals surface area contributed by atoms with Crippen LogP contribution in [0.4, 0.5) is 0 Å². The van der Waals surface area contributed by atoms with Crippen LogP contribution in [0.3, 0.4) is 0 Å². The van der Waals surface area contributed by atoms with Crippen molar-refractivity contribution < 1.29 is 0 Å². The highest BCUT2D eigenvalue weighted by atomic mass is 15.0. The van der Waals surface area contributed by atoms with Crippen molar-refractivity contribution in [2.45, 2.75) is 38.6 Å². The summed E-state index contributed by atoms with van der Waals surface area (Å²) in [5.74, 6) is 0.804. The molecule has 1 saturated carbocycles. The molecule has 2 heteroatoms. The first kappa shape index (κ1) is 6.72. The highest BCUT2D eigenvalue weighted by molar-refractivity contribution is 4.73. The Balaban J connectivity index is 2.31. The van der Waals surface area contributed by atoms with Crippen LogP contribution in [0.1, 0.15) is 32.6 Å². The zero-order valence-electron chi connectivity index (χ0n) is 5.93. The van der Waals surface area contributed by atoms with Crippen molar-refractivity contribution >= 4 is 0 Å². The summed E-state index contributed by atoms with van der Waals surface area (Å²) in [7, 11) is 0. The highest BCUT2D eigenvalue weighted by Gasteiger charge is 2.17. The molecule has 0 amide bonds. The lowest BCUT2D eigenvalue weighted by Gasteiger charge is -2.21. The van der Waals surface area contributed by atoms with E-state index in [4.69, 9.17) is 5.53 Å². The number of rotatable bonds is 1. The molecule has 1 rings (SSSR count). The predicted octanol–water partition coefficient (Wildman–Crippen LogP) is 2.60. The van der Waals surface area contributed by atoms with Crippen LogP contribution in [0.2, 0.25) is 0 Å². The van der Waals surface area contributed by atoms with Crippen LogP contribution in [0.5, 0.6) is 0 Å². The third kappa shape index (κ3) is 1.77. The van der Waals surface area contributed by atoms with Crippen molar-refractivity contribution in [2.75, 3.05) is 0 Å². The standard InChI is InChI=1S/C7H14N2/c1-6-3-2-4-7(5-6)9-8/h6-8H,2-5H2,1H3. The summed E-state index contributed by atoms with van der Waals surface area (Å²) in [4.78, 5) is 0. The maximum absolute atomic E-state index is 6.81. The van der Waals surface area contributed by atoms with Crippen molar-refractivity contribution in [3.63, 3.8) is 0 Å². The molecule has 0 aromatic heterocycles. The van der Waals surface area contributed by atoms with Crippen LogP contribution in [-0.2, 0) is 0 Å². The van der Waals surface area contributed by atoms with Gasteiger partial charge in [-0.1, -0.05) is 19.8 Å². The third-order valence-electron chi connectivity index (χ3n) is 2.09. The Morgan fingerprint density at radius 3 is 2.67 bits per heavy atom. The lowest BCUT2D eigenvalue weighted by Crippen LogP contribution is -2.15. The van der Waals surface area contributed by atoms with Gasteiger partial charge in [0.25, 0.3) is 0 Å². The normalized spacial score (nSPS) is 36.1. The summed E-state index contributed by atoms with van der Waals surface area (Å²) in [6, 6.07) is 0.355. The quantitative estimate of drug-likeness (QED) is 0.524. The van der Waals surface area contributed by atoms with E-state index >= 15 is 0 Å². The van der Waals surface area contributed by atoms with E-state index in [9.17, 15) is 0 Å². The predicted molar refractivity (Wildman–Crippen MR) is 36.6 cm³/mol. The molecule has 2 unspecified atom stereocenters. The van der Waals surface area contributed by atoms with Gasteiger partial charge < -0.3 is 0 Å². The molecule has 2 nitrogen and oxygen atoms in total. The molecule has 0 aromatic carbocycles. The Bertz CT molecular complexity index is 101. The molecule has 0 radical (unpaired) electrons. The summed E-state index contributed by atoms with van der Waals surface area (Å²) in [5, 5.41) is 3.55. The van der Waals surface area contributed by atoms with E-state index in [-0.39, 0.29) is 0 Å². The molecule has 0 spiro atoms. The van der Waals surface area contributed by atoms with E-state index in [0.29, 0.717) is 6.04 Å².